The van der Waals surface area contributed by atoms with Gasteiger partial charge in [-0.05, 0) is 42.0 Å². The van der Waals surface area contributed by atoms with Gasteiger partial charge in [0.1, 0.15) is 22.8 Å². The molecule has 36 heavy (non-hydrogen) atoms. The van der Waals surface area contributed by atoms with Crippen LogP contribution in [0.1, 0.15) is 15.9 Å². The van der Waals surface area contributed by atoms with E-state index < -0.39 is 24.4 Å². The molecular formula is C26H25ClN2O7. The topological polar surface area (TPSA) is 112 Å². The Morgan fingerprint density at radius 1 is 0.833 bits per heavy atom. The van der Waals surface area contributed by atoms with Crippen molar-refractivity contribution in [3.05, 3.63) is 82.9 Å². The van der Waals surface area contributed by atoms with Crippen LogP contribution in [0.25, 0.3) is 0 Å². The predicted molar refractivity (Wildman–Crippen MR) is 134 cm³/mol. The van der Waals surface area contributed by atoms with Crippen molar-refractivity contribution < 1.29 is 33.3 Å². The van der Waals surface area contributed by atoms with Crippen molar-refractivity contribution in [3.8, 4) is 17.2 Å². The molecule has 2 N–H and O–H groups in total. The van der Waals surface area contributed by atoms with E-state index in [0.717, 1.165) is 5.56 Å². The number of amides is 2. The normalized spacial score (nSPS) is 10.2. The molecule has 0 heterocycles. The van der Waals surface area contributed by atoms with Gasteiger partial charge in [0.15, 0.2) is 13.2 Å². The number of carbonyl (C=O) groups is 3. The zero-order valence-corrected chi connectivity index (χ0v) is 20.5. The second-order valence-electron chi connectivity index (χ2n) is 7.38. The highest BCUT2D eigenvalue weighted by Gasteiger charge is 2.17. The van der Waals surface area contributed by atoms with Gasteiger partial charge in [-0.25, -0.2) is 4.79 Å². The van der Waals surface area contributed by atoms with Crippen molar-refractivity contribution in [1.82, 2.24) is 5.32 Å². The van der Waals surface area contributed by atoms with Crippen LogP contribution >= 0.6 is 11.6 Å². The van der Waals surface area contributed by atoms with Crippen LogP contribution in [0.4, 0.5) is 5.69 Å². The van der Waals surface area contributed by atoms with E-state index in [1.807, 2.05) is 12.1 Å². The van der Waals surface area contributed by atoms with Gasteiger partial charge in [0.25, 0.3) is 11.8 Å². The number of para-hydroxylation sites is 1. The van der Waals surface area contributed by atoms with Crippen LogP contribution in [-0.4, -0.2) is 45.2 Å². The number of rotatable bonds is 11. The standard InChI is InChI=1S/C26H25ClN2O7/c1-33-19-10-7-17(8-11-19)14-28-24(30)15-36-26(32)20-5-3-4-6-22(20)35-16-25(31)29-21-12-9-18(27)13-23(21)34-2/h3-13H,14-16H2,1-2H3,(H,28,30)(H,29,31). The Labute approximate surface area is 213 Å². The molecule has 0 saturated heterocycles. The summed E-state index contributed by atoms with van der Waals surface area (Å²) in [6.45, 7) is -0.577. The number of halogens is 1. The molecule has 3 aromatic carbocycles. The molecule has 188 valence electrons. The number of methoxy groups -OCH3 is 2. The smallest absolute Gasteiger partial charge is 0.342 e. The number of anilines is 1. The minimum absolute atomic E-state index is 0.0809. The van der Waals surface area contributed by atoms with Gasteiger partial charge in [-0.3, -0.25) is 9.59 Å². The fourth-order valence-corrected chi connectivity index (χ4v) is 3.23. The summed E-state index contributed by atoms with van der Waals surface area (Å²) < 4.78 is 20.9. The Morgan fingerprint density at radius 3 is 2.31 bits per heavy atom. The number of hydrogen-bond acceptors (Lipinski definition) is 7. The maximum atomic E-state index is 12.5. The zero-order chi connectivity index (χ0) is 25.9. The molecule has 0 atom stereocenters. The van der Waals surface area contributed by atoms with Crippen LogP contribution in [0.15, 0.2) is 66.7 Å². The summed E-state index contributed by atoms with van der Waals surface area (Å²) in [6, 6.07) is 18.2. The van der Waals surface area contributed by atoms with E-state index in [1.165, 1.54) is 19.2 Å². The average molecular weight is 513 g/mol. The van der Waals surface area contributed by atoms with Gasteiger partial charge in [0, 0.05) is 17.6 Å². The van der Waals surface area contributed by atoms with Gasteiger partial charge in [-0.15, -0.1) is 0 Å². The van der Waals surface area contributed by atoms with E-state index in [1.54, 1.807) is 49.6 Å². The fourth-order valence-electron chi connectivity index (χ4n) is 3.06. The molecule has 0 spiro atoms. The van der Waals surface area contributed by atoms with Crippen molar-refractivity contribution in [2.24, 2.45) is 0 Å². The molecule has 2 amide bonds. The minimum atomic E-state index is -0.759. The lowest BCUT2D eigenvalue weighted by atomic mass is 10.2. The summed E-state index contributed by atoms with van der Waals surface area (Å²) in [5.41, 5.74) is 1.37. The van der Waals surface area contributed by atoms with Crippen LogP contribution in [0.5, 0.6) is 17.2 Å². The molecule has 0 unspecified atom stereocenters. The third kappa shape index (κ3) is 7.64. The molecule has 10 heteroatoms. The lowest BCUT2D eigenvalue weighted by molar-refractivity contribution is -0.124. The molecule has 0 radical (unpaired) electrons. The number of hydrogen-bond donors (Lipinski definition) is 2. The molecule has 0 fully saturated rings. The summed E-state index contributed by atoms with van der Waals surface area (Å²) in [5, 5.41) is 5.79. The monoisotopic (exact) mass is 512 g/mol. The maximum Gasteiger partial charge on any atom is 0.342 e. The van der Waals surface area contributed by atoms with E-state index in [4.69, 9.17) is 30.5 Å². The van der Waals surface area contributed by atoms with Gasteiger partial charge >= 0.3 is 5.97 Å². The van der Waals surface area contributed by atoms with Crippen LogP contribution in [0.2, 0.25) is 5.02 Å². The second kappa shape index (κ2) is 13.0. The second-order valence-corrected chi connectivity index (χ2v) is 7.81. The maximum absolute atomic E-state index is 12.5. The van der Waals surface area contributed by atoms with Crippen LogP contribution in [0, 0.1) is 0 Å². The summed E-state index contributed by atoms with van der Waals surface area (Å²) in [7, 11) is 3.03. The first-order chi connectivity index (χ1) is 17.4. The average Bonchev–Trinajstić information content (AvgIpc) is 2.90. The van der Waals surface area contributed by atoms with Crippen LogP contribution in [0.3, 0.4) is 0 Å². The van der Waals surface area contributed by atoms with Crippen LogP contribution in [-0.2, 0) is 20.9 Å². The lowest BCUT2D eigenvalue weighted by Gasteiger charge is -2.13. The third-order valence-corrected chi connectivity index (χ3v) is 5.12. The molecule has 0 aliphatic heterocycles. The minimum Gasteiger partial charge on any atom is -0.497 e. The first kappa shape index (κ1) is 26.4. The molecule has 3 aromatic rings. The summed E-state index contributed by atoms with van der Waals surface area (Å²) >= 11 is 5.93. The number of benzene rings is 3. The van der Waals surface area contributed by atoms with Gasteiger partial charge in [-0.2, -0.15) is 0 Å². The molecule has 0 aliphatic carbocycles. The number of ether oxygens (including phenoxy) is 4. The third-order valence-electron chi connectivity index (χ3n) is 4.89. The molecular weight excluding hydrogens is 488 g/mol. The van der Waals surface area contributed by atoms with Crippen molar-refractivity contribution in [2.75, 3.05) is 32.8 Å². The lowest BCUT2D eigenvalue weighted by Crippen LogP contribution is -2.28. The number of nitrogens with one attached hydrogen (secondary N) is 2. The van der Waals surface area contributed by atoms with E-state index in [-0.39, 0.29) is 24.5 Å². The summed E-state index contributed by atoms with van der Waals surface area (Å²) in [4.78, 5) is 37.0. The molecule has 0 aliphatic rings. The highest BCUT2D eigenvalue weighted by Crippen LogP contribution is 2.28. The predicted octanol–water partition coefficient (Wildman–Crippen LogP) is 3.85. The fraction of sp³-hybridized carbons (Fsp3) is 0.192. The number of carbonyl (C=O) groups excluding carboxylic acids is 3. The molecule has 0 bridgehead atoms. The van der Waals surface area contributed by atoms with E-state index in [2.05, 4.69) is 10.6 Å². The highest BCUT2D eigenvalue weighted by atomic mass is 35.5. The van der Waals surface area contributed by atoms with Crippen molar-refractivity contribution in [3.63, 3.8) is 0 Å². The first-order valence-corrected chi connectivity index (χ1v) is 11.2. The van der Waals surface area contributed by atoms with Crippen molar-refractivity contribution in [2.45, 2.75) is 6.54 Å². The molecule has 9 nitrogen and oxygen atoms in total. The number of esters is 1. The largest absolute Gasteiger partial charge is 0.497 e. The first-order valence-electron chi connectivity index (χ1n) is 10.8. The SMILES string of the molecule is COc1ccc(CNC(=O)COC(=O)c2ccccc2OCC(=O)Nc2ccc(Cl)cc2OC)cc1. The zero-order valence-electron chi connectivity index (χ0n) is 19.7. The van der Waals surface area contributed by atoms with Gasteiger partial charge in [0.05, 0.1) is 19.9 Å². The van der Waals surface area contributed by atoms with Gasteiger partial charge in [0.2, 0.25) is 0 Å². The Bertz CT molecular complexity index is 1220. The quantitative estimate of drug-likeness (QED) is 0.375. The molecule has 0 aromatic heterocycles. The Morgan fingerprint density at radius 2 is 1.58 bits per heavy atom. The van der Waals surface area contributed by atoms with E-state index in [0.29, 0.717) is 22.2 Å². The van der Waals surface area contributed by atoms with Gasteiger partial charge < -0.3 is 29.6 Å². The van der Waals surface area contributed by atoms with Crippen molar-refractivity contribution in [1.29, 1.82) is 0 Å². The van der Waals surface area contributed by atoms with Crippen LogP contribution < -0.4 is 24.8 Å². The highest BCUT2D eigenvalue weighted by molar-refractivity contribution is 6.30. The summed E-state index contributed by atoms with van der Waals surface area (Å²) in [5.74, 6) is -0.456. The van der Waals surface area contributed by atoms with E-state index in [9.17, 15) is 14.4 Å². The van der Waals surface area contributed by atoms with E-state index >= 15 is 0 Å². The Kier molecular flexibility index (Phi) is 9.53. The van der Waals surface area contributed by atoms with Crippen molar-refractivity contribution >= 4 is 35.1 Å². The molecule has 0 saturated carbocycles. The molecule has 3 rings (SSSR count). The summed E-state index contributed by atoms with van der Waals surface area (Å²) in [6.07, 6.45) is 0. The van der Waals surface area contributed by atoms with Gasteiger partial charge in [-0.1, -0.05) is 35.9 Å². The Balaban J connectivity index is 1.50. The Hall–Kier alpha value is -4.24.